The minimum absolute atomic E-state index is 0.650. The Morgan fingerprint density at radius 3 is 2.73 bits per heavy atom. The molecule has 1 aliphatic rings. The minimum atomic E-state index is 0.650. The van der Waals surface area contributed by atoms with E-state index in [0.29, 0.717) is 5.92 Å². The summed E-state index contributed by atoms with van der Waals surface area (Å²) < 4.78 is 0. The first kappa shape index (κ1) is 10.7. The van der Waals surface area contributed by atoms with Gasteiger partial charge in [-0.15, -0.1) is 0 Å². The predicted octanol–water partition coefficient (Wildman–Crippen LogP) is 3.09. The molecule has 15 heavy (non-hydrogen) atoms. The summed E-state index contributed by atoms with van der Waals surface area (Å²) in [6, 6.07) is 8.93. The van der Waals surface area contributed by atoms with Crippen molar-refractivity contribution < 1.29 is 0 Å². The Hall–Kier alpha value is -0.820. The standard InChI is InChI=1S/C14H21N/c1-11(10-15)6-7-12-4-2-3-5-14(12)13-8-9-13/h2-5,11,13H,6-10,15H2,1H3. The molecule has 82 valence electrons. The van der Waals surface area contributed by atoms with Crippen molar-refractivity contribution in [1.29, 1.82) is 0 Å². The number of aryl methyl sites for hydroxylation is 1. The summed E-state index contributed by atoms with van der Waals surface area (Å²) in [4.78, 5) is 0. The van der Waals surface area contributed by atoms with Crippen molar-refractivity contribution in [2.45, 2.75) is 38.5 Å². The van der Waals surface area contributed by atoms with Crippen LogP contribution in [0.25, 0.3) is 0 Å². The van der Waals surface area contributed by atoms with Gasteiger partial charge in [-0.2, -0.15) is 0 Å². The van der Waals surface area contributed by atoms with Gasteiger partial charge in [0, 0.05) is 0 Å². The molecule has 0 aromatic heterocycles. The van der Waals surface area contributed by atoms with Crippen LogP contribution >= 0.6 is 0 Å². The second-order valence-electron chi connectivity index (χ2n) is 4.85. The molecule has 1 fully saturated rings. The summed E-state index contributed by atoms with van der Waals surface area (Å²) in [6.07, 6.45) is 5.21. The number of rotatable bonds is 5. The summed E-state index contributed by atoms with van der Waals surface area (Å²) in [5, 5.41) is 0. The zero-order chi connectivity index (χ0) is 10.7. The van der Waals surface area contributed by atoms with Crippen LogP contribution in [0.4, 0.5) is 0 Å². The average molecular weight is 203 g/mol. The monoisotopic (exact) mass is 203 g/mol. The highest BCUT2D eigenvalue weighted by atomic mass is 14.5. The molecule has 0 bridgehead atoms. The quantitative estimate of drug-likeness (QED) is 0.782. The second kappa shape index (κ2) is 4.80. The first-order valence-corrected chi connectivity index (χ1v) is 6.09. The van der Waals surface area contributed by atoms with E-state index in [1.807, 2.05) is 0 Å². The topological polar surface area (TPSA) is 26.0 Å². The largest absolute Gasteiger partial charge is 0.330 e. The molecule has 1 unspecified atom stereocenters. The highest BCUT2D eigenvalue weighted by Crippen LogP contribution is 2.41. The summed E-state index contributed by atoms with van der Waals surface area (Å²) in [7, 11) is 0. The van der Waals surface area contributed by atoms with Crippen LogP contribution in [0, 0.1) is 5.92 Å². The Morgan fingerprint density at radius 1 is 1.33 bits per heavy atom. The smallest absolute Gasteiger partial charge is 0.00514 e. The number of nitrogens with two attached hydrogens (primary N) is 1. The van der Waals surface area contributed by atoms with Gasteiger partial charge in [-0.25, -0.2) is 0 Å². The van der Waals surface area contributed by atoms with Gasteiger partial charge in [0.25, 0.3) is 0 Å². The lowest BCUT2D eigenvalue weighted by Gasteiger charge is -2.11. The fourth-order valence-electron chi connectivity index (χ4n) is 2.07. The molecule has 0 spiro atoms. The van der Waals surface area contributed by atoms with Crippen molar-refractivity contribution in [2.24, 2.45) is 11.7 Å². The highest BCUT2D eigenvalue weighted by Gasteiger charge is 2.25. The fourth-order valence-corrected chi connectivity index (χ4v) is 2.07. The molecule has 2 N–H and O–H groups in total. The molecular formula is C14H21N. The Bertz CT molecular complexity index is 315. The van der Waals surface area contributed by atoms with Gasteiger partial charge in [0.15, 0.2) is 0 Å². The third-order valence-electron chi connectivity index (χ3n) is 3.38. The third-order valence-corrected chi connectivity index (χ3v) is 3.38. The van der Waals surface area contributed by atoms with Gasteiger partial charge in [0.2, 0.25) is 0 Å². The van der Waals surface area contributed by atoms with Gasteiger partial charge in [-0.3, -0.25) is 0 Å². The van der Waals surface area contributed by atoms with Crippen LogP contribution < -0.4 is 5.73 Å². The minimum Gasteiger partial charge on any atom is -0.330 e. The summed E-state index contributed by atoms with van der Waals surface area (Å²) >= 11 is 0. The molecule has 0 saturated heterocycles. The molecule has 1 nitrogen and oxygen atoms in total. The van der Waals surface area contributed by atoms with Gasteiger partial charge in [-0.1, -0.05) is 31.2 Å². The molecule has 1 aromatic rings. The maximum absolute atomic E-state index is 5.65. The van der Waals surface area contributed by atoms with Gasteiger partial charge >= 0.3 is 0 Å². The molecule has 1 aromatic carbocycles. The zero-order valence-electron chi connectivity index (χ0n) is 9.58. The Labute approximate surface area is 92.7 Å². The molecule has 0 radical (unpaired) electrons. The SMILES string of the molecule is CC(CN)CCc1ccccc1C1CC1. The van der Waals surface area contributed by atoms with E-state index in [1.165, 1.54) is 25.7 Å². The van der Waals surface area contributed by atoms with E-state index in [0.717, 1.165) is 12.5 Å². The van der Waals surface area contributed by atoms with Gasteiger partial charge in [-0.05, 0) is 55.2 Å². The average Bonchev–Trinajstić information content (AvgIpc) is 3.10. The van der Waals surface area contributed by atoms with Crippen LogP contribution in [0.1, 0.15) is 43.2 Å². The Morgan fingerprint density at radius 2 is 2.07 bits per heavy atom. The maximum atomic E-state index is 5.65. The van der Waals surface area contributed by atoms with E-state index in [4.69, 9.17) is 5.73 Å². The second-order valence-corrected chi connectivity index (χ2v) is 4.85. The fraction of sp³-hybridized carbons (Fsp3) is 0.571. The van der Waals surface area contributed by atoms with Gasteiger partial charge in [0.1, 0.15) is 0 Å². The molecule has 1 atom stereocenters. The van der Waals surface area contributed by atoms with Gasteiger partial charge < -0.3 is 5.73 Å². The van der Waals surface area contributed by atoms with Crippen molar-refractivity contribution in [1.82, 2.24) is 0 Å². The van der Waals surface area contributed by atoms with E-state index < -0.39 is 0 Å². The third kappa shape index (κ3) is 2.82. The van der Waals surface area contributed by atoms with E-state index in [1.54, 1.807) is 11.1 Å². The van der Waals surface area contributed by atoms with E-state index in [9.17, 15) is 0 Å². The number of hydrogen-bond donors (Lipinski definition) is 1. The summed E-state index contributed by atoms with van der Waals surface area (Å²) in [5.74, 6) is 1.52. The van der Waals surface area contributed by atoms with Crippen molar-refractivity contribution in [2.75, 3.05) is 6.54 Å². The highest BCUT2D eigenvalue weighted by molar-refractivity contribution is 5.33. The molecule has 0 amide bonds. The summed E-state index contributed by atoms with van der Waals surface area (Å²) in [6.45, 7) is 3.05. The molecule has 0 heterocycles. The van der Waals surface area contributed by atoms with Crippen LogP contribution in [0.5, 0.6) is 0 Å². The first-order chi connectivity index (χ1) is 7.31. The van der Waals surface area contributed by atoms with Crippen LogP contribution in [0.3, 0.4) is 0 Å². The van der Waals surface area contributed by atoms with E-state index in [2.05, 4.69) is 31.2 Å². The zero-order valence-corrected chi connectivity index (χ0v) is 9.58. The summed E-state index contributed by atoms with van der Waals surface area (Å²) in [5.41, 5.74) is 8.80. The van der Waals surface area contributed by atoms with Crippen LogP contribution in [0.2, 0.25) is 0 Å². The molecule has 1 heteroatoms. The molecular weight excluding hydrogens is 182 g/mol. The first-order valence-electron chi connectivity index (χ1n) is 6.09. The van der Waals surface area contributed by atoms with Gasteiger partial charge in [0.05, 0.1) is 0 Å². The lowest BCUT2D eigenvalue weighted by Crippen LogP contribution is -2.11. The Kier molecular flexibility index (Phi) is 3.42. The lowest BCUT2D eigenvalue weighted by atomic mass is 9.95. The van der Waals surface area contributed by atoms with Crippen molar-refractivity contribution in [3.63, 3.8) is 0 Å². The Balaban J connectivity index is 2.00. The molecule has 1 saturated carbocycles. The lowest BCUT2D eigenvalue weighted by molar-refractivity contribution is 0.543. The van der Waals surface area contributed by atoms with Crippen molar-refractivity contribution >= 4 is 0 Å². The number of hydrogen-bond acceptors (Lipinski definition) is 1. The molecule has 0 aliphatic heterocycles. The van der Waals surface area contributed by atoms with Crippen LogP contribution in [-0.4, -0.2) is 6.54 Å². The normalized spacial score (nSPS) is 17.7. The van der Waals surface area contributed by atoms with Crippen molar-refractivity contribution in [3.8, 4) is 0 Å². The maximum Gasteiger partial charge on any atom is -0.00514 e. The van der Waals surface area contributed by atoms with Crippen molar-refractivity contribution in [3.05, 3.63) is 35.4 Å². The number of benzene rings is 1. The van der Waals surface area contributed by atoms with E-state index >= 15 is 0 Å². The molecule has 1 aliphatic carbocycles. The van der Waals surface area contributed by atoms with Crippen LogP contribution in [0.15, 0.2) is 24.3 Å². The predicted molar refractivity (Wildman–Crippen MR) is 65.0 cm³/mol. The van der Waals surface area contributed by atoms with Crippen LogP contribution in [-0.2, 0) is 6.42 Å². The van der Waals surface area contributed by atoms with E-state index in [-0.39, 0.29) is 0 Å². The molecule has 2 rings (SSSR count).